The molecule has 0 unspecified atom stereocenters. The number of unbranched alkanes of at least 4 members (excludes halogenated alkanes) is 1. The first kappa shape index (κ1) is 14.5. The molecule has 3 aromatic rings. The molecule has 22 heavy (non-hydrogen) atoms. The molecular weight excluding hydrogens is 302 g/mol. The van der Waals surface area contributed by atoms with Crippen LogP contribution in [0.25, 0.3) is 22.4 Å². The van der Waals surface area contributed by atoms with Gasteiger partial charge in [0.15, 0.2) is 10.7 Å². The van der Waals surface area contributed by atoms with Gasteiger partial charge >= 0.3 is 5.76 Å². The quantitative estimate of drug-likeness (QED) is 0.755. The van der Waals surface area contributed by atoms with E-state index in [2.05, 4.69) is 15.3 Å². The number of aromatic nitrogens is 2. The molecule has 114 valence electrons. The van der Waals surface area contributed by atoms with Crippen molar-refractivity contribution in [3.63, 3.8) is 0 Å². The molecule has 0 saturated carbocycles. The van der Waals surface area contributed by atoms with Crippen molar-refractivity contribution >= 4 is 33.5 Å². The first-order valence-electron chi connectivity index (χ1n) is 7.04. The topological polar surface area (TPSA) is 88.0 Å². The van der Waals surface area contributed by atoms with Crippen molar-refractivity contribution in [1.82, 2.24) is 9.97 Å². The second-order valence-corrected chi connectivity index (χ2v) is 5.77. The number of carbonyl (C=O) groups excluding carboxylic acids is 1. The predicted molar refractivity (Wildman–Crippen MR) is 86.1 cm³/mol. The van der Waals surface area contributed by atoms with Crippen LogP contribution in [0.4, 0.5) is 5.13 Å². The third-order valence-corrected chi connectivity index (χ3v) is 3.98. The summed E-state index contributed by atoms with van der Waals surface area (Å²) in [4.78, 5) is 29.9. The minimum atomic E-state index is -0.477. The zero-order valence-corrected chi connectivity index (χ0v) is 12.8. The molecule has 0 atom stereocenters. The van der Waals surface area contributed by atoms with Gasteiger partial charge in [-0.25, -0.2) is 9.78 Å². The molecule has 6 nitrogen and oxygen atoms in total. The molecule has 0 bridgehead atoms. The van der Waals surface area contributed by atoms with Crippen molar-refractivity contribution in [2.45, 2.75) is 26.2 Å². The number of thiazole rings is 1. The van der Waals surface area contributed by atoms with E-state index < -0.39 is 5.76 Å². The van der Waals surface area contributed by atoms with Crippen molar-refractivity contribution in [2.75, 3.05) is 5.32 Å². The van der Waals surface area contributed by atoms with Crippen LogP contribution in [0.5, 0.6) is 0 Å². The van der Waals surface area contributed by atoms with Crippen LogP contribution >= 0.6 is 11.3 Å². The maximum atomic E-state index is 11.7. The number of nitrogens with one attached hydrogen (secondary N) is 2. The molecule has 7 heteroatoms. The molecular formula is C15H15N3O3S. The van der Waals surface area contributed by atoms with E-state index in [1.807, 2.05) is 18.4 Å². The van der Waals surface area contributed by atoms with Gasteiger partial charge in [0.05, 0.1) is 11.2 Å². The summed E-state index contributed by atoms with van der Waals surface area (Å²) in [6.07, 6.45) is 2.36. The third kappa shape index (κ3) is 3.09. The van der Waals surface area contributed by atoms with Crippen molar-refractivity contribution in [1.29, 1.82) is 0 Å². The van der Waals surface area contributed by atoms with Crippen LogP contribution in [-0.4, -0.2) is 15.9 Å². The van der Waals surface area contributed by atoms with Crippen LogP contribution in [0.3, 0.4) is 0 Å². The van der Waals surface area contributed by atoms with Gasteiger partial charge in [-0.05, 0) is 24.6 Å². The number of H-pyrrole nitrogens is 1. The zero-order valence-electron chi connectivity index (χ0n) is 12.0. The van der Waals surface area contributed by atoms with Gasteiger partial charge in [0.1, 0.15) is 0 Å². The van der Waals surface area contributed by atoms with Crippen LogP contribution < -0.4 is 11.1 Å². The number of amides is 1. The van der Waals surface area contributed by atoms with Crippen LogP contribution in [0.15, 0.2) is 32.8 Å². The van der Waals surface area contributed by atoms with Gasteiger partial charge in [0.25, 0.3) is 0 Å². The Labute approximate surface area is 130 Å². The number of anilines is 1. The maximum absolute atomic E-state index is 11.7. The molecule has 1 amide bonds. The average Bonchev–Trinajstić information content (AvgIpc) is 3.09. The monoisotopic (exact) mass is 317 g/mol. The number of aromatic amines is 1. The molecule has 0 saturated heterocycles. The Morgan fingerprint density at radius 3 is 3.14 bits per heavy atom. The van der Waals surface area contributed by atoms with Crippen LogP contribution in [0.1, 0.15) is 26.2 Å². The van der Waals surface area contributed by atoms with Gasteiger partial charge in [0.2, 0.25) is 5.91 Å². The summed E-state index contributed by atoms with van der Waals surface area (Å²) >= 11 is 1.38. The van der Waals surface area contributed by atoms with Gasteiger partial charge in [-0.15, -0.1) is 11.3 Å². The molecule has 0 aliphatic rings. The fourth-order valence-electron chi connectivity index (χ4n) is 2.09. The molecule has 3 rings (SSSR count). The van der Waals surface area contributed by atoms with E-state index in [0.29, 0.717) is 22.7 Å². The summed E-state index contributed by atoms with van der Waals surface area (Å²) < 4.78 is 4.97. The second kappa shape index (κ2) is 6.15. The van der Waals surface area contributed by atoms with E-state index in [9.17, 15) is 9.59 Å². The Bertz CT molecular complexity index is 862. The van der Waals surface area contributed by atoms with Crippen LogP contribution in [0, 0.1) is 0 Å². The van der Waals surface area contributed by atoms with E-state index >= 15 is 0 Å². The molecule has 0 fully saturated rings. The molecule has 2 aromatic heterocycles. The predicted octanol–water partition coefficient (Wildman–Crippen LogP) is 3.37. The second-order valence-electron chi connectivity index (χ2n) is 4.92. The standard InChI is InChI=1S/C15H15N3O3S/c1-2-3-4-13(19)18-14-16-11(8-22-14)9-5-6-12-10(7-9)17-15(20)21-12/h5-8H,2-4H2,1H3,(H,17,20)(H,16,18,19). The Kier molecular flexibility index (Phi) is 4.06. The lowest BCUT2D eigenvalue weighted by atomic mass is 10.1. The minimum absolute atomic E-state index is 0.0163. The average molecular weight is 317 g/mol. The van der Waals surface area contributed by atoms with E-state index in [1.165, 1.54) is 11.3 Å². The molecule has 0 aliphatic carbocycles. The summed E-state index contributed by atoms with van der Waals surface area (Å²) in [5, 5.41) is 5.25. The van der Waals surface area contributed by atoms with Crippen molar-refractivity contribution in [2.24, 2.45) is 0 Å². The number of fused-ring (bicyclic) bond motifs is 1. The summed E-state index contributed by atoms with van der Waals surface area (Å²) in [6.45, 7) is 2.05. The number of rotatable bonds is 5. The Morgan fingerprint density at radius 1 is 1.45 bits per heavy atom. The summed E-state index contributed by atoms with van der Waals surface area (Å²) in [7, 11) is 0. The van der Waals surface area contributed by atoms with Crippen LogP contribution in [0.2, 0.25) is 0 Å². The maximum Gasteiger partial charge on any atom is 0.417 e. The normalized spacial score (nSPS) is 11.0. The summed E-state index contributed by atoms with van der Waals surface area (Å²) in [5.74, 6) is -0.494. The Balaban J connectivity index is 1.79. The van der Waals surface area contributed by atoms with E-state index in [1.54, 1.807) is 12.1 Å². The molecule has 2 heterocycles. The van der Waals surface area contributed by atoms with Gasteiger partial charge in [-0.3, -0.25) is 9.78 Å². The highest BCUT2D eigenvalue weighted by molar-refractivity contribution is 7.14. The van der Waals surface area contributed by atoms with Crippen LogP contribution in [-0.2, 0) is 4.79 Å². The first-order chi connectivity index (χ1) is 10.7. The Hall–Kier alpha value is -2.41. The minimum Gasteiger partial charge on any atom is -0.408 e. The van der Waals surface area contributed by atoms with Gasteiger partial charge in [-0.1, -0.05) is 13.3 Å². The van der Waals surface area contributed by atoms with Gasteiger partial charge < -0.3 is 9.73 Å². The highest BCUT2D eigenvalue weighted by Gasteiger charge is 2.09. The Morgan fingerprint density at radius 2 is 2.32 bits per heavy atom. The van der Waals surface area contributed by atoms with Crippen molar-refractivity contribution in [3.8, 4) is 11.3 Å². The third-order valence-electron chi connectivity index (χ3n) is 3.22. The highest BCUT2D eigenvalue weighted by Crippen LogP contribution is 2.27. The fourth-order valence-corrected chi connectivity index (χ4v) is 2.83. The molecule has 0 radical (unpaired) electrons. The lowest BCUT2D eigenvalue weighted by Gasteiger charge is -2.00. The molecule has 0 aliphatic heterocycles. The number of oxazole rings is 1. The number of hydrogen-bond acceptors (Lipinski definition) is 5. The number of benzene rings is 1. The highest BCUT2D eigenvalue weighted by atomic mass is 32.1. The molecule has 1 aromatic carbocycles. The molecule has 0 spiro atoms. The SMILES string of the molecule is CCCCC(=O)Nc1nc(-c2ccc3oc(=O)[nH]c3c2)cs1. The van der Waals surface area contributed by atoms with Crippen molar-refractivity contribution < 1.29 is 9.21 Å². The van der Waals surface area contributed by atoms with Crippen molar-refractivity contribution in [3.05, 3.63) is 34.1 Å². The van der Waals surface area contributed by atoms with E-state index in [4.69, 9.17) is 4.42 Å². The van der Waals surface area contributed by atoms with E-state index in [-0.39, 0.29) is 5.91 Å². The summed E-state index contributed by atoms with van der Waals surface area (Å²) in [5.41, 5.74) is 2.75. The van der Waals surface area contributed by atoms with E-state index in [0.717, 1.165) is 24.1 Å². The fraction of sp³-hybridized carbons (Fsp3) is 0.267. The smallest absolute Gasteiger partial charge is 0.408 e. The zero-order chi connectivity index (χ0) is 15.5. The number of hydrogen-bond donors (Lipinski definition) is 2. The molecule has 2 N–H and O–H groups in total. The largest absolute Gasteiger partial charge is 0.417 e. The van der Waals surface area contributed by atoms with Gasteiger partial charge in [-0.2, -0.15) is 0 Å². The summed E-state index contributed by atoms with van der Waals surface area (Å²) in [6, 6.07) is 5.36. The lowest BCUT2D eigenvalue weighted by Crippen LogP contribution is -2.10. The lowest BCUT2D eigenvalue weighted by molar-refractivity contribution is -0.116. The number of carbonyl (C=O) groups is 1. The van der Waals surface area contributed by atoms with Gasteiger partial charge in [0, 0.05) is 17.4 Å². The number of nitrogens with zero attached hydrogens (tertiary/aromatic N) is 1. The first-order valence-corrected chi connectivity index (χ1v) is 7.92.